The fraction of sp³-hybridized carbons (Fsp3) is 0. The number of ether oxygens (including phenoxy) is 1. The lowest BCUT2D eigenvalue weighted by Crippen LogP contribution is -1.92. The van der Waals surface area contributed by atoms with Crippen LogP contribution in [0.4, 0.5) is 4.39 Å². The largest absolute Gasteiger partial charge is 0.436 e. The summed E-state index contributed by atoms with van der Waals surface area (Å²) in [6.07, 6.45) is 1.49. The molecule has 0 amide bonds. The van der Waals surface area contributed by atoms with Crippen molar-refractivity contribution >= 4 is 11.6 Å². The summed E-state index contributed by atoms with van der Waals surface area (Å²) in [5.41, 5.74) is 0.285. The van der Waals surface area contributed by atoms with Crippen LogP contribution in [0.5, 0.6) is 11.6 Å². The molecule has 3 nitrogen and oxygen atoms in total. The number of benzene rings is 1. The Balaban J connectivity index is 2.35. The van der Waals surface area contributed by atoms with Gasteiger partial charge in [0.05, 0.1) is 5.02 Å². The number of halogens is 2. The Morgan fingerprint density at radius 3 is 2.88 bits per heavy atom. The molecule has 0 saturated heterocycles. The zero-order valence-electron chi connectivity index (χ0n) is 8.52. The molecule has 0 saturated carbocycles. The third-order valence-electron chi connectivity index (χ3n) is 1.99. The van der Waals surface area contributed by atoms with Gasteiger partial charge in [-0.3, -0.25) is 0 Å². The van der Waals surface area contributed by atoms with Crippen LogP contribution in [0.25, 0.3) is 0 Å². The molecule has 0 atom stereocenters. The molecular weight excluding hydrogens is 243 g/mol. The van der Waals surface area contributed by atoms with Crippen LogP contribution in [0.15, 0.2) is 36.5 Å². The van der Waals surface area contributed by atoms with E-state index in [0.717, 1.165) is 6.07 Å². The van der Waals surface area contributed by atoms with Gasteiger partial charge in [0.15, 0.2) is 0 Å². The summed E-state index contributed by atoms with van der Waals surface area (Å²) in [5.74, 6) is -0.0596. The van der Waals surface area contributed by atoms with Crippen molar-refractivity contribution in [3.63, 3.8) is 0 Å². The minimum absolute atomic E-state index is 0.125. The van der Waals surface area contributed by atoms with Gasteiger partial charge in [-0.15, -0.1) is 0 Å². The standard InChI is InChI=1S/C12H6ClFN2O/c13-10-6-9(14)3-4-11(10)17-12-8(7-15)2-1-5-16-12/h1-6H. The van der Waals surface area contributed by atoms with Gasteiger partial charge in [-0.05, 0) is 30.3 Å². The number of hydrogen-bond donors (Lipinski definition) is 0. The maximum atomic E-state index is 12.8. The second-order valence-electron chi connectivity index (χ2n) is 3.14. The van der Waals surface area contributed by atoms with Crippen molar-refractivity contribution in [2.75, 3.05) is 0 Å². The van der Waals surface area contributed by atoms with Crippen molar-refractivity contribution < 1.29 is 9.13 Å². The van der Waals surface area contributed by atoms with Crippen molar-refractivity contribution in [1.82, 2.24) is 4.98 Å². The van der Waals surface area contributed by atoms with Crippen LogP contribution in [0.2, 0.25) is 5.02 Å². The van der Waals surface area contributed by atoms with E-state index in [9.17, 15) is 4.39 Å². The van der Waals surface area contributed by atoms with E-state index in [1.807, 2.05) is 6.07 Å². The van der Waals surface area contributed by atoms with E-state index in [2.05, 4.69) is 4.98 Å². The highest BCUT2D eigenvalue weighted by atomic mass is 35.5. The summed E-state index contributed by atoms with van der Waals surface area (Å²) in [6, 6.07) is 8.87. The summed E-state index contributed by atoms with van der Waals surface area (Å²) in [5, 5.41) is 8.97. The maximum Gasteiger partial charge on any atom is 0.237 e. The Hall–Kier alpha value is -2.12. The van der Waals surface area contributed by atoms with Gasteiger partial charge in [0.2, 0.25) is 5.88 Å². The average Bonchev–Trinajstić information content (AvgIpc) is 2.33. The Morgan fingerprint density at radius 2 is 2.18 bits per heavy atom. The normalized spacial score (nSPS) is 9.71. The molecular formula is C12H6ClFN2O. The van der Waals surface area contributed by atoms with E-state index < -0.39 is 5.82 Å². The van der Waals surface area contributed by atoms with Gasteiger partial charge in [0.1, 0.15) is 23.2 Å². The first-order valence-corrected chi connectivity index (χ1v) is 5.06. The first-order valence-electron chi connectivity index (χ1n) is 4.69. The molecule has 0 aliphatic carbocycles. The summed E-state index contributed by atoms with van der Waals surface area (Å²) >= 11 is 5.80. The number of rotatable bonds is 2. The van der Waals surface area contributed by atoms with Gasteiger partial charge in [-0.1, -0.05) is 11.6 Å². The molecule has 0 unspecified atom stereocenters. The van der Waals surface area contributed by atoms with E-state index in [1.165, 1.54) is 18.3 Å². The molecule has 2 aromatic rings. The number of pyridine rings is 1. The summed E-state index contributed by atoms with van der Waals surface area (Å²) < 4.78 is 18.2. The molecule has 2 rings (SSSR count). The molecule has 17 heavy (non-hydrogen) atoms. The Kier molecular flexibility index (Phi) is 3.22. The average molecular weight is 249 g/mol. The smallest absolute Gasteiger partial charge is 0.237 e. The molecule has 0 bridgehead atoms. The molecule has 0 aliphatic rings. The first-order chi connectivity index (χ1) is 8.20. The van der Waals surface area contributed by atoms with Gasteiger partial charge in [-0.2, -0.15) is 5.26 Å². The lowest BCUT2D eigenvalue weighted by molar-refractivity contribution is 0.460. The Bertz CT molecular complexity index is 595. The van der Waals surface area contributed by atoms with Crippen LogP contribution in [-0.4, -0.2) is 4.98 Å². The summed E-state index contributed by atoms with van der Waals surface area (Å²) in [4.78, 5) is 3.91. The maximum absolute atomic E-state index is 12.8. The summed E-state index contributed by atoms with van der Waals surface area (Å²) in [7, 11) is 0. The van der Waals surface area contributed by atoms with Crippen molar-refractivity contribution in [2.45, 2.75) is 0 Å². The van der Waals surface area contributed by atoms with Gasteiger partial charge in [0.25, 0.3) is 0 Å². The van der Waals surface area contributed by atoms with Gasteiger partial charge in [0, 0.05) is 6.20 Å². The van der Waals surface area contributed by atoms with Gasteiger partial charge >= 0.3 is 0 Å². The van der Waals surface area contributed by atoms with Gasteiger partial charge < -0.3 is 4.74 Å². The fourth-order valence-corrected chi connectivity index (χ4v) is 1.43. The number of aromatic nitrogens is 1. The quantitative estimate of drug-likeness (QED) is 0.817. The van der Waals surface area contributed by atoms with Crippen LogP contribution in [0.3, 0.4) is 0 Å². The lowest BCUT2D eigenvalue weighted by Gasteiger charge is -2.07. The molecule has 0 aliphatic heterocycles. The number of nitrogens with zero attached hydrogens (tertiary/aromatic N) is 2. The minimum Gasteiger partial charge on any atom is -0.436 e. The van der Waals surface area contributed by atoms with E-state index in [4.69, 9.17) is 21.6 Å². The zero-order chi connectivity index (χ0) is 12.3. The first kappa shape index (κ1) is 11.4. The lowest BCUT2D eigenvalue weighted by atomic mass is 10.3. The van der Waals surface area contributed by atoms with Crippen molar-refractivity contribution in [3.05, 3.63) is 52.9 Å². The van der Waals surface area contributed by atoms with E-state index in [0.29, 0.717) is 0 Å². The molecule has 0 N–H and O–H groups in total. The second-order valence-corrected chi connectivity index (χ2v) is 3.55. The van der Waals surface area contributed by atoms with Crippen LogP contribution < -0.4 is 4.74 Å². The van der Waals surface area contributed by atoms with Crippen LogP contribution in [-0.2, 0) is 0 Å². The highest BCUT2D eigenvalue weighted by Crippen LogP contribution is 2.30. The van der Waals surface area contributed by atoms with E-state index in [-0.39, 0.29) is 22.2 Å². The fourth-order valence-electron chi connectivity index (χ4n) is 1.22. The Labute approximate surface area is 102 Å². The van der Waals surface area contributed by atoms with Crippen LogP contribution in [0.1, 0.15) is 5.56 Å². The van der Waals surface area contributed by atoms with Crippen molar-refractivity contribution in [3.8, 4) is 17.7 Å². The SMILES string of the molecule is N#Cc1cccnc1Oc1ccc(F)cc1Cl. The molecule has 0 spiro atoms. The molecule has 1 aromatic heterocycles. The van der Waals surface area contributed by atoms with Crippen LogP contribution >= 0.6 is 11.6 Å². The summed E-state index contributed by atoms with van der Waals surface area (Å²) in [6.45, 7) is 0. The molecule has 1 heterocycles. The predicted molar refractivity (Wildman–Crippen MR) is 60.4 cm³/mol. The highest BCUT2D eigenvalue weighted by molar-refractivity contribution is 6.32. The number of nitriles is 1. The van der Waals surface area contributed by atoms with E-state index >= 15 is 0 Å². The van der Waals surface area contributed by atoms with E-state index in [1.54, 1.807) is 12.1 Å². The second kappa shape index (κ2) is 4.81. The monoisotopic (exact) mass is 248 g/mol. The third-order valence-corrected chi connectivity index (χ3v) is 2.29. The minimum atomic E-state index is -0.455. The highest BCUT2D eigenvalue weighted by Gasteiger charge is 2.08. The van der Waals surface area contributed by atoms with Crippen molar-refractivity contribution in [2.24, 2.45) is 0 Å². The van der Waals surface area contributed by atoms with Crippen LogP contribution in [0, 0.1) is 17.1 Å². The molecule has 0 radical (unpaired) electrons. The third kappa shape index (κ3) is 2.52. The zero-order valence-corrected chi connectivity index (χ0v) is 9.28. The predicted octanol–water partition coefficient (Wildman–Crippen LogP) is 3.54. The number of hydrogen-bond acceptors (Lipinski definition) is 3. The Morgan fingerprint density at radius 1 is 1.35 bits per heavy atom. The molecule has 0 fully saturated rings. The molecule has 1 aromatic carbocycles. The molecule has 84 valence electrons. The van der Waals surface area contributed by atoms with Crippen molar-refractivity contribution in [1.29, 1.82) is 5.26 Å². The topological polar surface area (TPSA) is 45.9 Å². The van der Waals surface area contributed by atoms with Gasteiger partial charge in [-0.25, -0.2) is 9.37 Å². The molecule has 5 heteroatoms.